The number of hydrogen-bond acceptors (Lipinski definition) is 6. The molecule has 0 aliphatic heterocycles. The van der Waals surface area contributed by atoms with Gasteiger partial charge in [0.15, 0.2) is 5.13 Å². The highest BCUT2D eigenvalue weighted by atomic mass is 32.1. The maximum Gasteiger partial charge on any atom is 0.277 e. The van der Waals surface area contributed by atoms with Crippen molar-refractivity contribution in [3.05, 3.63) is 57.8 Å². The molecule has 2 aromatic heterocycles. The lowest BCUT2D eigenvalue weighted by molar-refractivity contribution is 0.102. The molecule has 0 fully saturated rings. The summed E-state index contributed by atoms with van der Waals surface area (Å²) in [5.41, 5.74) is 1.43. The standard InChI is InChI=1S/C15H12N4O3S/c1-22-10-4-2-9(3-5-10)12-8-23-15(16-12)17-14(21)11-6-7-13(20)19-18-11/h2-8H,1H3,(H,19,20)(H,16,17,21). The maximum atomic E-state index is 12.0. The van der Waals surface area contributed by atoms with Crippen molar-refractivity contribution in [1.82, 2.24) is 15.2 Å². The molecule has 2 N–H and O–H groups in total. The number of carbonyl (C=O) groups excluding carboxylic acids is 1. The number of thiazole rings is 1. The summed E-state index contributed by atoms with van der Waals surface area (Å²) in [5, 5.41) is 10.8. The molecule has 7 nitrogen and oxygen atoms in total. The Morgan fingerprint density at radius 2 is 2.00 bits per heavy atom. The fourth-order valence-corrected chi connectivity index (χ4v) is 2.57. The number of carbonyl (C=O) groups is 1. The molecule has 116 valence electrons. The van der Waals surface area contributed by atoms with Crippen LogP contribution in [0.5, 0.6) is 5.75 Å². The van der Waals surface area contributed by atoms with Crippen molar-refractivity contribution in [3.63, 3.8) is 0 Å². The number of rotatable bonds is 4. The van der Waals surface area contributed by atoms with Gasteiger partial charge in [-0.15, -0.1) is 11.3 Å². The molecule has 0 bridgehead atoms. The van der Waals surface area contributed by atoms with Crippen molar-refractivity contribution in [2.45, 2.75) is 0 Å². The Kier molecular flexibility index (Phi) is 4.15. The van der Waals surface area contributed by atoms with Crippen molar-refractivity contribution in [2.24, 2.45) is 0 Å². The number of aromatic nitrogens is 3. The number of H-pyrrole nitrogens is 1. The first-order chi connectivity index (χ1) is 11.2. The molecule has 2 heterocycles. The van der Waals surface area contributed by atoms with Crippen LogP contribution < -0.4 is 15.6 Å². The van der Waals surface area contributed by atoms with Crippen molar-refractivity contribution in [1.29, 1.82) is 0 Å². The average Bonchev–Trinajstić information content (AvgIpc) is 3.04. The van der Waals surface area contributed by atoms with Crippen LogP contribution in [0, 0.1) is 0 Å². The van der Waals surface area contributed by atoms with Crippen LogP contribution in [-0.4, -0.2) is 28.2 Å². The van der Waals surface area contributed by atoms with Crippen LogP contribution in [0.4, 0.5) is 5.13 Å². The molecular formula is C15H12N4O3S. The Balaban J connectivity index is 1.74. The van der Waals surface area contributed by atoms with E-state index in [1.54, 1.807) is 7.11 Å². The molecule has 1 aromatic carbocycles. The van der Waals surface area contributed by atoms with E-state index in [-0.39, 0.29) is 11.3 Å². The highest BCUT2D eigenvalue weighted by Crippen LogP contribution is 2.26. The van der Waals surface area contributed by atoms with Crippen LogP contribution in [0.1, 0.15) is 10.5 Å². The fraction of sp³-hybridized carbons (Fsp3) is 0.0667. The zero-order valence-electron chi connectivity index (χ0n) is 12.1. The van der Waals surface area contributed by atoms with Crippen molar-refractivity contribution >= 4 is 22.4 Å². The van der Waals surface area contributed by atoms with Crippen molar-refractivity contribution < 1.29 is 9.53 Å². The lowest BCUT2D eigenvalue weighted by Gasteiger charge is -2.01. The van der Waals surface area contributed by atoms with Gasteiger partial charge in [-0.25, -0.2) is 10.1 Å². The van der Waals surface area contributed by atoms with Gasteiger partial charge in [-0.1, -0.05) is 0 Å². The molecule has 3 rings (SSSR count). The molecule has 0 spiro atoms. The minimum Gasteiger partial charge on any atom is -0.497 e. The van der Waals surface area contributed by atoms with Crippen LogP contribution in [0.25, 0.3) is 11.3 Å². The molecular weight excluding hydrogens is 316 g/mol. The summed E-state index contributed by atoms with van der Waals surface area (Å²) in [7, 11) is 1.61. The molecule has 0 unspecified atom stereocenters. The van der Waals surface area contributed by atoms with Crippen molar-refractivity contribution in [2.75, 3.05) is 12.4 Å². The minimum absolute atomic E-state index is 0.116. The minimum atomic E-state index is -0.433. The summed E-state index contributed by atoms with van der Waals surface area (Å²) in [5.74, 6) is 0.332. The highest BCUT2D eigenvalue weighted by Gasteiger charge is 2.11. The number of nitrogens with one attached hydrogen (secondary N) is 2. The molecule has 0 aliphatic rings. The fourth-order valence-electron chi connectivity index (χ4n) is 1.86. The lowest BCUT2D eigenvalue weighted by Crippen LogP contribution is -2.17. The smallest absolute Gasteiger partial charge is 0.277 e. The second-order valence-electron chi connectivity index (χ2n) is 4.53. The van der Waals surface area contributed by atoms with Gasteiger partial charge < -0.3 is 4.74 Å². The Morgan fingerprint density at radius 3 is 2.65 bits per heavy atom. The summed E-state index contributed by atoms with van der Waals surface area (Å²) >= 11 is 1.31. The van der Waals surface area contributed by atoms with Crippen LogP contribution in [0.15, 0.2) is 46.6 Å². The summed E-state index contributed by atoms with van der Waals surface area (Å²) in [4.78, 5) is 27.3. The Morgan fingerprint density at radius 1 is 1.22 bits per heavy atom. The Labute approximate surface area is 135 Å². The molecule has 0 aliphatic carbocycles. The van der Waals surface area contributed by atoms with E-state index in [4.69, 9.17) is 4.74 Å². The summed E-state index contributed by atoms with van der Waals surface area (Å²) in [6, 6.07) is 10.1. The number of ether oxygens (including phenoxy) is 1. The number of anilines is 1. The predicted molar refractivity (Wildman–Crippen MR) is 86.9 cm³/mol. The number of benzene rings is 1. The first-order valence-corrected chi connectivity index (χ1v) is 7.51. The molecule has 0 radical (unpaired) electrons. The zero-order valence-corrected chi connectivity index (χ0v) is 12.9. The second-order valence-corrected chi connectivity index (χ2v) is 5.39. The number of methoxy groups -OCH3 is 1. The van der Waals surface area contributed by atoms with Crippen molar-refractivity contribution in [3.8, 4) is 17.0 Å². The topological polar surface area (TPSA) is 97.0 Å². The third-order valence-corrected chi connectivity index (χ3v) is 3.78. The molecule has 0 atom stereocenters. The number of aromatic amines is 1. The lowest BCUT2D eigenvalue weighted by atomic mass is 10.2. The van der Waals surface area contributed by atoms with Gasteiger partial charge in [-0.05, 0) is 30.3 Å². The number of nitrogens with zero attached hydrogens (tertiary/aromatic N) is 2. The summed E-state index contributed by atoms with van der Waals surface area (Å²) < 4.78 is 5.11. The molecule has 23 heavy (non-hydrogen) atoms. The first-order valence-electron chi connectivity index (χ1n) is 6.63. The largest absolute Gasteiger partial charge is 0.497 e. The van der Waals surface area contributed by atoms with Gasteiger partial charge in [0.2, 0.25) is 0 Å². The van der Waals surface area contributed by atoms with Gasteiger partial charge in [-0.2, -0.15) is 5.10 Å². The van der Waals surface area contributed by atoms with E-state index in [1.807, 2.05) is 29.6 Å². The third kappa shape index (κ3) is 3.43. The van der Waals surface area contributed by atoms with E-state index in [1.165, 1.54) is 23.5 Å². The molecule has 0 saturated heterocycles. The SMILES string of the molecule is COc1ccc(-c2csc(NC(=O)c3ccc(=O)[nH]n3)n2)cc1. The van der Waals surface area contributed by atoms with Crippen LogP contribution in [0.3, 0.4) is 0 Å². The predicted octanol–water partition coefficient (Wildman–Crippen LogP) is 2.15. The zero-order chi connectivity index (χ0) is 16.2. The monoisotopic (exact) mass is 328 g/mol. The third-order valence-electron chi connectivity index (χ3n) is 3.02. The van der Waals surface area contributed by atoms with E-state index in [0.717, 1.165) is 17.0 Å². The Bertz CT molecular complexity index is 866. The van der Waals surface area contributed by atoms with Gasteiger partial charge in [0.05, 0.1) is 12.8 Å². The van der Waals surface area contributed by atoms with Gasteiger partial charge >= 0.3 is 0 Å². The Hall–Kier alpha value is -3.00. The van der Waals surface area contributed by atoms with Gasteiger partial charge in [0.1, 0.15) is 11.4 Å². The highest BCUT2D eigenvalue weighted by molar-refractivity contribution is 7.14. The quantitative estimate of drug-likeness (QED) is 0.765. The van der Waals surface area contributed by atoms with Gasteiger partial charge in [-0.3, -0.25) is 14.9 Å². The van der Waals surface area contributed by atoms with Crippen LogP contribution >= 0.6 is 11.3 Å². The number of amides is 1. The maximum absolute atomic E-state index is 12.0. The normalized spacial score (nSPS) is 10.3. The van der Waals surface area contributed by atoms with E-state index in [9.17, 15) is 9.59 Å². The molecule has 1 amide bonds. The molecule has 8 heteroatoms. The first kappa shape index (κ1) is 14.9. The van der Waals surface area contributed by atoms with E-state index in [2.05, 4.69) is 20.5 Å². The molecule has 0 saturated carbocycles. The second kappa shape index (κ2) is 6.41. The van der Waals surface area contributed by atoms with E-state index in [0.29, 0.717) is 5.13 Å². The molecule has 3 aromatic rings. The summed E-state index contributed by atoms with van der Waals surface area (Å²) in [6.07, 6.45) is 0. The van der Waals surface area contributed by atoms with E-state index >= 15 is 0 Å². The summed E-state index contributed by atoms with van der Waals surface area (Å²) in [6.45, 7) is 0. The van der Waals surface area contributed by atoms with Crippen LogP contribution in [0.2, 0.25) is 0 Å². The van der Waals surface area contributed by atoms with E-state index < -0.39 is 5.91 Å². The average molecular weight is 328 g/mol. The van der Waals surface area contributed by atoms with Gasteiger partial charge in [0, 0.05) is 17.0 Å². The number of hydrogen-bond donors (Lipinski definition) is 2. The van der Waals surface area contributed by atoms with Gasteiger partial charge in [0.25, 0.3) is 11.5 Å². The van der Waals surface area contributed by atoms with Crippen LogP contribution in [-0.2, 0) is 0 Å².